The van der Waals surface area contributed by atoms with Crippen molar-refractivity contribution in [1.82, 2.24) is 5.32 Å². The summed E-state index contributed by atoms with van der Waals surface area (Å²) in [5.41, 5.74) is 3.41. The Kier molecular flexibility index (Phi) is 5.04. The lowest BCUT2D eigenvalue weighted by Gasteiger charge is -2.28. The number of hydrogen-bond donors (Lipinski definition) is 2. The number of phenols is 1. The molecule has 0 amide bonds. The van der Waals surface area contributed by atoms with Crippen LogP contribution in [0.4, 0.5) is 0 Å². The van der Waals surface area contributed by atoms with Gasteiger partial charge in [-0.05, 0) is 28.0 Å². The Morgan fingerprint density at radius 3 is 2.15 bits per heavy atom. The Morgan fingerprint density at radius 2 is 1.70 bits per heavy atom. The largest absolute Gasteiger partial charge is 0.508 e. The van der Waals surface area contributed by atoms with Crippen molar-refractivity contribution in [3.05, 3.63) is 41.5 Å². The van der Waals surface area contributed by atoms with Gasteiger partial charge in [-0.25, -0.2) is 0 Å². The summed E-state index contributed by atoms with van der Waals surface area (Å²) >= 11 is 0. The van der Waals surface area contributed by atoms with Crippen LogP contribution < -0.4 is 5.32 Å². The van der Waals surface area contributed by atoms with E-state index in [1.54, 1.807) is 0 Å². The molecule has 20 heavy (non-hydrogen) atoms. The van der Waals surface area contributed by atoms with Crippen molar-refractivity contribution in [2.24, 2.45) is 0 Å². The first kappa shape index (κ1) is 16.8. The van der Waals surface area contributed by atoms with Crippen LogP contribution in [0.3, 0.4) is 0 Å². The minimum Gasteiger partial charge on any atom is -0.508 e. The molecule has 0 aliphatic rings. The Balaban J connectivity index is 3.32. The fraction of sp³-hybridized carbons (Fsp3) is 0.556. The van der Waals surface area contributed by atoms with Crippen LogP contribution in [0.2, 0.25) is 0 Å². The fourth-order valence-electron chi connectivity index (χ4n) is 2.24. The van der Waals surface area contributed by atoms with Crippen molar-refractivity contribution in [3.63, 3.8) is 0 Å². The summed E-state index contributed by atoms with van der Waals surface area (Å²) in [7, 11) is 0. The maximum atomic E-state index is 10.4. The van der Waals surface area contributed by atoms with Gasteiger partial charge < -0.3 is 10.4 Å². The molecule has 0 aliphatic carbocycles. The molecule has 112 valence electrons. The van der Waals surface area contributed by atoms with E-state index in [4.69, 9.17) is 0 Å². The molecular weight excluding hydrogens is 246 g/mol. The maximum absolute atomic E-state index is 10.4. The van der Waals surface area contributed by atoms with Gasteiger partial charge in [0.25, 0.3) is 0 Å². The van der Waals surface area contributed by atoms with Crippen molar-refractivity contribution >= 4 is 0 Å². The van der Waals surface area contributed by atoms with Gasteiger partial charge in [-0.3, -0.25) is 0 Å². The minimum atomic E-state index is 0.00390. The second-order valence-electron chi connectivity index (χ2n) is 7.44. The summed E-state index contributed by atoms with van der Waals surface area (Å²) < 4.78 is 0. The molecule has 0 atom stereocenters. The molecule has 0 heterocycles. The smallest absolute Gasteiger partial charge is 0.120 e. The molecule has 0 aliphatic heterocycles. The number of hydrogen-bond acceptors (Lipinski definition) is 2. The SMILES string of the molecule is C=CCNCc1c(O)cc(C(C)(C)C)cc1C(C)(C)C. The second kappa shape index (κ2) is 6.01. The van der Waals surface area contributed by atoms with E-state index in [9.17, 15) is 5.11 Å². The lowest BCUT2D eigenvalue weighted by Crippen LogP contribution is -2.22. The van der Waals surface area contributed by atoms with Crippen LogP contribution in [0.25, 0.3) is 0 Å². The molecule has 0 radical (unpaired) electrons. The van der Waals surface area contributed by atoms with Crippen LogP contribution in [0.1, 0.15) is 58.2 Å². The van der Waals surface area contributed by atoms with Crippen LogP contribution in [-0.2, 0) is 17.4 Å². The molecule has 0 saturated carbocycles. The number of phenolic OH excluding ortho intramolecular Hbond substituents is 1. The van der Waals surface area contributed by atoms with Gasteiger partial charge >= 0.3 is 0 Å². The molecule has 2 N–H and O–H groups in total. The topological polar surface area (TPSA) is 32.3 Å². The van der Waals surface area contributed by atoms with Crippen molar-refractivity contribution in [2.75, 3.05) is 6.54 Å². The van der Waals surface area contributed by atoms with E-state index >= 15 is 0 Å². The molecule has 0 unspecified atom stereocenters. The first-order valence-electron chi connectivity index (χ1n) is 7.26. The van der Waals surface area contributed by atoms with E-state index in [-0.39, 0.29) is 10.8 Å². The van der Waals surface area contributed by atoms with Crippen LogP contribution in [0, 0.1) is 0 Å². The molecule has 1 rings (SSSR count). The summed E-state index contributed by atoms with van der Waals surface area (Å²) in [6.07, 6.45) is 1.83. The Labute approximate surface area is 123 Å². The number of nitrogens with one attached hydrogen (secondary N) is 1. The van der Waals surface area contributed by atoms with Gasteiger partial charge in [0.1, 0.15) is 5.75 Å². The van der Waals surface area contributed by atoms with Gasteiger partial charge in [-0.2, -0.15) is 0 Å². The molecule has 2 heteroatoms. The van der Waals surface area contributed by atoms with Gasteiger partial charge in [0.05, 0.1) is 0 Å². The zero-order valence-electron chi connectivity index (χ0n) is 13.8. The summed E-state index contributed by atoms with van der Waals surface area (Å²) in [5, 5.41) is 13.7. The average molecular weight is 275 g/mol. The summed E-state index contributed by atoms with van der Waals surface area (Å²) in [6, 6.07) is 4.14. The normalized spacial score (nSPS) is 12.5. The summed E-state index contributed by atoms with van der Waals surface area (Å²) in [4.78, 5) is 0. The third kappa shape index (κ3) is 4.11. The van der Waals surface area contributed by atoms with Gasteiger partial charge in [-0.15, -0.1) is 6.58 Å². The predicted octanol–water partition coefficient (Wildman–Crippen LogP) is 4.26. The highest BCUT2D eigenvalue weighted by atomic mass is 16.3. The summed E-state index contributed by atoms with van der Waals surface area (Å²) in [6.45, 7) is 18.2. The van der Waals surface area contributed by atoms with Crippen molar-refractivity contribution < 1.29 is 5.11 Å². The third-order valence-electron chi connectivity index (χ3n) is 3.49. The van der Waals surface area contributed by atoms with Crippen molar-refractivity contribution in [1.29, 1.82) is 0 Å². The highest BCUT2D eigenvalue weighted by Crippen LogP contribution is 2.36. The van der Waals surface area contributed by atoms with E-state index in [1.165, 1.54) is 11.1 Å². The van der Waals surface area contributed by atoms with Crippen LogP contribution in [0.15, 0.2) is 24.8 Å². The lowest BCUT2D eigenvalue weighted by molar-refractivity contribution is 0.453. The highest BCUT2D eigenvalue weighted by molar-refractivity contribution is 5.47. The average Bonchev–Trinajstić information content (AvgIpc) is 2.28. The maximum Gasteiger partial charge on any atom is 0.120 e. The zero-order chi connectivity index (χ0) is 15.6. The van der Waals surface area contributed by atoms with Gasteiger partial charge in [0.2, 0.25) is 0 Å². The van der Waals surface area contributed by atoms with Gasteiger partial charge in [0.15, 0.2) is 0 Å². The Hall–Kier alpha value is -1.28. The monoisotopic (exact) mass is 275 g/mol. The zero-order valence-corrected chi connectivity index (χ0v) is 13.8. The van der Waals surface area contributed by atoms with Crippen LogP contribution in [-0.4, -0.2) is 11.7 Å². The quantitative estimate of drug-likeness (QED) is 0.635. The molecule has 2 nitrogen and oxygen atoms in total. The molecule has 0 spiro atoms. The van der Waals surface area contributed by atoms with Crippen LogP contribution in [0.5, 0.6) is 5.75 Å². The molecule has 1 aromatic rings. The predicted molar refractivity (Wildman–Crippen MR) is 87.4 cm³/mol. The first-order chi connectivity index (χ1) is 9.07. The molecule has 0 fully saturated rings. The highest BCUT2D eigenvalue weighted by Gasteiger charge is 2.24. The van der Waals surface area contributed by atoms with E-state index in [2.05, 4.69) is 59.5 Å². The molecule has 1 aromatic carbocycles. The van der Waals surface area contributed by atoms with E-state index in [0.717, 1.165) is 12.1 Å². The first-order valence-corrected chi connectivity index (χ1v) is 7.26. The molecule has 0 aromatic heterocycles. The van der Waals surface area contributed by atoms with E-state index in [1.807, 2.05) is 12.1 Å². The van der Waals surface area contributed by atoms with Gasteiger partial charge in [0, 0.05) is 18.7 Å². The van der Waals surface area contributed by atoms with Crippen molar-refractivity contribution in [3.8, 4) is 5.75 Å². The van der Waals surface area contributed by atoms with Gasteiger partial charge in [-0.1, -0.05) is 53.7 Å². The number of rotatable bonds is 4. The van der Waals surface area contributed by atoms with Crippen molar-refractivity contribution in [2.45, 2.75) is 58.9 Å². The number of aromatic hydroxyl groups is 1. The Morgan fingerprint density at radius 1 is 1.10 bits per heavy atom. The standard InChI is InChI=1S/C18H29NO/c1-8-9-19-12-14-15(18(5,6)7)10-13(11-16(14)20)17(2,3)4/h8,10-11,19-20H,1,9,12H2,2-7H3. The lowest BCUT2D eigenvalue weighted by atomic mass is 9.78. The second-order valence-corrected chi connectivity index (χ2v) is 7.44. The fourth-order valence-corrected chi connectivity index (χ4v) is 2.24. The van der Waals surface area contributed by atoms with E-state index in [0.29, 0.717) is 12.3 Å². The number of benzene rings is 1. The third-order valence-corrected chi connectivity index (χ3v) is 3.49. The van der Waals surface area contributed by atoms with Crippen LogP contribution >= 0.6 is 0 Å². The molecular formula is C18H29NO. The molecule has 0 saturated heterocycles. The van der Waals surface area contributed by atoms with E-state index < -0.39 is 0 Å². The minimum absolute atomic E-state index is 0.00390. The Bertz CT molecular complexity index is 475. The molecule has 0 bridgehead atoms. The summed E-state index contributed by atoms with van der Waals surface area (Å²) in [5.74, 6) is 0.388.